The number of sulfonamides is 1. The Morgan fingerprint density at radius 2 is 1.88 bits per heavy atom. The van der Waals surface area contributed by atoms with E-state index in [0.29, 0.717) is 36.5 Å². The van der Waals surface area contributed by atoms with E-state index in [1.807, 2.05) is 42.5 Å². The van der Waals surface area contributed by atoms with Crippen molar-refractivity contribution in [3.8, 4) is 5.75 Å². The first-order valence-corrected chi connectivity index (χ1v) is 12.3. The lowest BCUT2D eigenvalue weighted by Crippen LogP contribution is -2.30. The first-order chi connectivity index (χ1) is 15.3. The Kier molecular flexibility index (Phi) is 6.26. The maximum absolute atomic E-state index is 13.3. The SMILES string of the molecule is COc1ccc(Br)cc1CN(C)C(=O)c1cccc(S(=O)(=O)N2CCc3ccccc32)c1. The average Bonchev–Trinajstić information content (AvgIpc) is 3.24. The fourth-order valence-electron chi connectivity index (χ4n) is 3.89. The molecule has 1 aliphatic heterocycles. The maximum atomic E-state index is 13.3. The molecule has 3 aromatic carbocycles. The van der Waals surface area contributed by atoms with E-state index in [9.17, 15) is 13.2 Å². The first-order valence-electron chi connectivity index (χ1n) is 10.1. The van der Waals surface area contributed by atoms with Gasteiger partial charge in [0, 0.05) is 35.7 Å². The van der Waals surface area contributed by atoms with E-state index in [1.54, 1.807) is 31.2 Å². The van der Waals surface area contributed by atoms with Crippen LogP contribution in [0.5, 0.6) is 5.75 Å². The molecule has 0 aromatic heterocycles. The van der Waals surface area contributed by atoms with Gasteiger partial charge in [-0.25, -0.2) is 8.42 Å². The van der Waals surface area contributed by atoms with Crippen molar-refractivity contribution in [3.05, 3.63) is 87.9 Å². The van der Waals surface area contributed by atoms with E-state index < -0.39 is 10.0 Å². The van der Waals surface area contributed by atoms with E-state index >= 15 is 0 Å². The lowest BCUT2D eigenvalue weighted by Gasteiger charge is -2.21. The minimum absolute atomic E-state index is 0.105. The standard InChI is InChI=1S/C24H23BrN2O4S/c1-26(16-19-14-20(25)10-11-23(19)31-2)24(28)18-7-5-8-21(15-18)32(29,30)27-13-12-17-6-3-4-9-22(17)27/h3-11,14-15H,12-13,16H2,1-2H3. The van der Waals surface area contributed by atoms with Crippen LogP contribution in [-0.2, 0) is 23.0 Å². The van der Waals surface area contributed by atoms with Crippen LogP contribution in [-0.4, -0.2) is 39.9 Å². The minimum atomic E-state index is -3.77. The van der Waals surface area contributed by atoms with Crippen molar-refractivity contribution in [2.45, 2.75) is 17.9 Å². The van der Waals surface area contributed by atoms with Crippen LogP contribution in [0.1, 0.15) is 21.5 Å². The van der Waals surface area contributed by atoms with E-state index in [1.165, 1.54) is 16.4 Å². The molecule has 0 atom stereocenters. The Balaban J connectivity index is 1.59. The molecule has 6 nitrogen and oxygen atoms in total. The molecule has 32 heavy (non-hydrogen) atoms. The zero-order valence-corrected chi connectivity index (χ0v) is 20.2. The van der Waals surface area contributed by atoms with Crippen LogP contribution < -0.4 is 9.04 Å². The van der Waals surface area contributed by atoms with Gasteiger partial charge in [0.2, 0.25) is 0 Å². The van der Waals surface area contributed by atoms with E-state index in [0.717, 1.165) is 15.6 Å². The van der Waals surface area contributed by atoms with Crippen LogP contribution in [0, 0.1) is 0 Å². The van der Waals surface area contributed by atoms with Gasteiger partial charge in [-0.05, 0) is 54.4 Å². The number of anilines is 1. The molecule has 1 heterocycles. The van der Waals surface area contributed by atoms with Crippen molar-refractivity contribution in [2.24, 2.45) is 0 Å². The molecular formula is C24H23BrN2O4S. The molecule has 4 rings (SSSR count). The topological polar surface area (TPSA) is 66.9 Å². The molecule has 1 aliphatic rings. The number of methoxy groups -OCH3 is 1. The largest absolute Gasteiger partial charge is 0.496 e. The van der Waals surface area contributed by atoms with Crippen LogP contribution in [0.2, 0.25) is 0 Å². The first kappa shape index (κ1) is 22.4. The summed E-state index contributed by atoms with van der Waals surface area (Å²) in [5.74, 6) is 0.405. The van der Waals surface area contributed by atoms with Crippen LogP contribution in [0.4, 0.5) is 5.69 Å². The van der Waals surface area contributed by atoms with Gasteiger partial charge in [0.15, 0.2) is 0 Å². The molecular weight excluding hydrogens is 492 g/mol. The number of carbonyl (C=O) groups is 1. The number of amides is 1. The Bertz CT molecular complexity index is 1280. The summed E-state index contributed by atoms with van der Waals surface area (Å²) in [6.07, 6.45) is 0.672. The van der Waals surface area contributed by atoms with Gasteiger partial charge >= 0.3 is 0 Å². The van der Waals surface area contributed by atoms with Crippen LogP contribution in [0.3, 0.4) is 0 Å². The number of carbonyl (C=O) groups excluding carboxylic acids is 1. The van der Waals surface area contributed by atoms with Gasteiger partial charge in [0.25, 0.3) is 15.9 Å². The van der Waals surface area contributed by atoms with E-state index in [2.05, 4.69) is 15.9 Å². The van der Waals surface area contributed by atoms with Gasteiger partial charge in [-0.2, -0.15) is 0 Å². The zero-order valence-electron chi connectivity index (χ0n) is 17.8. The molecule has 0 fully saturated rings. The van der Waals surface area contributed by atoms with Crippen molar-refractivity contribution in [1.82, 2.24) is 4.90 Å². The number of halogens is 1. The third-order valence-electron chi connectivity index (χ3n) is 5.51. The molecule has 0 unspecified atom stereocenters. The van der Waals surface area contributed by atoms with Crippen molar-refractivity contribution >= 4 is 37.5 Å². The van der Waals surface area contributed by atoms with Gasteiger partial charge in [-0.1, -0.05) is 40.2 Å². The van der Waals surface area contributed by atoms with E-state index in [4.69, 9.17) is 4.74 Å². The summed E-state index contributed by atoms with van der Waals surface area (Å²) in [5, 5.41) is 0. The highest BCUT2D eigenvalue weighted by atomic mass is 79.9. The van der Waals surface area contributed by atoms with Crippen molar-refractivity contribution < 1.29 is 17.9 Å². The summed E-state index contributed by atoms with van der Waals surface area (Å²) in [5.41, 5.74) is 2.86. The van der Waals surface area contributed by atoms with Gasteiger partial charge in [-0.3, -0.25) is 9.10 Å². The second kappa shape index (κ2) is 8.96. The Hall–Kier alpha value is -2.84. The Morgan fingerprint density at radius 3 is 2.66 bits per heavy atom. The number of fused-ring (bicyclic) bond motifs is 1. The third-order valence-corrected chi connectivity index (χ3v) is 7.81. The van der Waals surface area contributed by atoms with Crippen molar-refractivity contribution in [1.29, 1.82) is 0 Å². The van der Waals surface area contributed by atoms with Crippen LogP contribution in [0.15, 0.2) is 76.1 Å². The number of benzene rings is 3. The summed E-state index contributed by atoms with van der Waals surface area (Å²) in [4.78, 5) is 14.7. The number of hydrogen-bond donors (Lipinski definition) is 0. The minimum Gasteiger partial charge on any atom is -0.496 e. The molecule has 8 heteroatoms. The fraction of sp³-hybridized carbons (Fsp3) is 0.208. The zero-order chi connectivity index (χ0) is 22.9. The highest BCUT2D eigenvalue weighted by molar-refractivity contribution is 9.10. The summed E-state index contributed by atoms with van der Waals surface area (Å²) >= 11 is 3.44. The molecule has 0 radical (unpaired) electrons. The van der Waals surface area contributed by atoms with Gasteiger partial charge in [0.05, 0.1) is 17.7 Å². The second-order valence-electron chi connectivity index (χ2n) is 7.60. The number of rotatable bonds is 6. The average molecular weight is 515 g/mol. The summed E-state index contributed by atoms with van der Waals surface area (Å²) < 4.78 is 34.4. The molecule has 166 valence electrons. The monoisotopic (exact) mass is 514 g/mol. The van der Waals surface area contributed by atoms with Crippen LogP contribution in [0.25, 0.3) is 0 Å². The summed E-state index contributed by atoms with van der Waals surface area (Å²) in [7, 11) is -0.509. The number of nitrogens with zero attached hydrogens (tertiary/aromatic N) is 2. The number of para-hydroxylation sites is 1. The molecule has 0 saturated carbocycles. The highest BCUT2D eigenvalue weighted by Crippen LogP contribution is 2.33. The highest BCUT2D eigenvalue weighted by Gasteiger charge is 2.31. The Morgan fingerprint density at radius 1 is 1.09 bits per heavy atom. The maximum Gasteiger partial charge on any atom is 0.264 e. The second-order valence-corrected chi connectivity index (χ2v) is 10.4. The summed E-state index contributed by atoms with van der Waals surface area (Å²) in [6.45, 7) is 0.709. The van der Waals surface area contributed by atoms with Gasteiger partial charge < -0.3 is 9.64 Å². The molecule has 1 amide bonds. The van der Waals surface area contributed by atoms with E-state index in [-0.39, 0.29) is 10.8 Å². The number of hydrogen-bond acceptors (Lipinski definition) is 4. The van der Waals surface area contributed by atoms with Crippen LogP contribution >= 0.6 is 15.9 Å². The van der Waals surface area contributed by atoms with Crippen molar-refractivity contribution in [2.75, 3.05) is 25.0 Å². The molecule has 0 saturated heterocycles. The number of ether oxygens (including phenoxy) is 1. The molecule has 0 bridgehead atoms. The lowest BCUT2D eigenvalue weighted by molar-refractivity contribution is 0.0784. The molecule has 0 spiro atoms. The smallest absolute Gasteiger partial charge is 0.264 e. The quantitative estimate of drug-likeness (QED) is 0.486. The third kappa shape index (κ3) is 4.25. The molecule has 0 aliphatic carbocycles. The van der Waals surface area contributed by atoms with Gasteiger partial charge in [0.1, 0.15) is 5.75 Å². The summed E-state index contributed by atoms with van der Waals surface area (Å²) in [6, 6.07) is 19.3. The predicted molar refractivity (Wildman–Crippen MR) is 128 cm³/mol. The van der Waals surface area contributed by atoms with Crippen molar-refractivity contribution in [3.63, 3.8) is 0 Å². The lowest BCUT2D eigenvalue weighted by atomic mass is 10.1. The molecule has 3 aromatic rings. The van der Waals surface area contributed by atoms with Gasteiger partial charge in [-0.15, -0.1) is 0 Å². The molecule has 0 N–H and O–H groups in total. The predicted octanol–water partition coefficient (Wildman–Crippen LogP) is 4.48. The Labute approximate surface area is 196 Å². The fourth-order valence-corrected chi connectivity index (χ4v) is 5.85. The normalized spacial score (nSPS) is 13.0.